The van der Waals surface area contributed by atoms with Gasteiger partial charge >= 0.3 is 0 Å². The van der Waals surface area contributed by atoms with Gasteiger partial charge in [-0.2, -0.15) is 5.26 Å². The molecule has 0 amide bonds. The summed E-state index contributed by atoms with van der Waals surface area (Å²) in [5.41, 5.74) is 7.15. The molecule has 1 aromatic carbocycles. The molecule has 1 aromatic rings. The van der Waals surface area contributed by atoms with Crippen LogP contribution in [-0.4, -0.2) is 22.4 Å². The SMILES string of the molecule is CC(C)N(CCC#N)Cc1cc([N+](=O)[O-])ccc1N. The predicted octanol–water partition coefficient (Wildman–Crippen LogP) is 2.30. The number of non-ortho nitro benzene ring substituents is 1. The van der Waals surface area contributed by atoms with E-state index in [1.165, 1.54) is 12.1 Å². The number of nitrogens with two attached hydrogens (primary N) is 1. The van der Waals surface area contributed by atoms with Crippen LogP contribution >= 0.6 is 0 Å². The van der Waals surface area contributed by atoms with E-state index in [0.717, 1.165) is 5.56 Å². The van der Waals surface area contributed by atoms with Gasteiger partial charge in [0.2, 0.25) is 0 Å². The van der Waals surface area contributed by atoms with Crippen molar-refractivity contribution in [3.63, 3.8) is 0 Å². The zero-order valence-electron chi connectivity index (χ0n) is 11.2. The summed E-state index contributed by atoms with van der Waals surface area (Å²) in [6.45, 7) is 5.17. The second kappa shape index (κ2) is 6.71. The van der Waals surface area contributed by atoms with E-state index in [1.807, 2.05) is 13.8 Å². The summed E-state index contributed by atoms with van der Waals surface area (Å²) in [5.74, 6) is 0. The molecule has 19 heavy (non-hydrogen) atoms. The lowest BCUT2D eigenvalue weighted by molar-refractivity contribution is -0.384. The quantitative estimate of drug-likeness (QED) is 0.482. The van der Waals surface area contributed by atoms with E-state index in [-0.39, 0.29) is 11.7 Å². The molecule has 0 saturated carbocycles. The van der Waals surface area contributed by atoms with Crippen LogP contribution in [0.3, 0.4) is 0 Å². The Kier molecular flexibility index (Phi) is 5.27. The van der Waals surface area contributed by atoms with Gasteiger partial charge < -0.3 is 5.73 Å². The highest BCUT2D eigenvalue weighted by molar-refractivity contribution is 5.52. The Hall–Kier alpha value is -2.13. The van der Waals surface area contributed by atoms with Crippen molar-refractivity contribution in [3.8, 4) is 6.07 Å². The van der Waals surface area contributed by atoms with Crippen molar-refractivity contribution in [2.75, 3.05) is 12.3 Å². The van der Waals surface area contributed by atoms with E-state index in [2.05, 4.69) is 11.0 Å². The first-order chi connectivity index (χ1) is 8.95. The van der Waals surface area contributed by atoms with Crippen LogP contribution in [0.2, 0.25) is 0 Å². The number of hydrogen-bond acceptors (Lipinski definition) is 5. The van der Waals surface area contributed by atoms with Crippen molar-refractivity contribution in [1.29, 1.82) is 5.26 Å². The van der Waals surface area contributed by atoms with Gasteiger partial charge in [0.1, 0.15) is 0 Å². The molecule has 0 fully saturated rings. The molecule has 0 unspecified atom stereocenters. The molecule has 0 spiro atoms. The first-order valence-corrected chi connectivity index (χ1v) is 6.09. The molecule has 102 valence electrons. The van der Waals surface area contributed by atoms with Gasteiger partial charge in [-0.05, 0) is 25.5 Å². The van der Waals surface area contributed by atoms with Crippen molar-refractivity contribution in [1.82, 2.24) is 4.90 Å². The molecule has 0 saturated heterocycles. The van der Waals surface area contributed by atoms with Crippen LogP contribution in [0.25, 0.3) is 0 Å². The fourth-order valence-electron chi connectivity index (χ4n) is 1.77. The number of nitrogen functional groups attached to an aromatic ring is 1. The molecule has 0 aliphatic rings. The summed E-state index contributed by atoms with van der Waals surface area (Å²) in [4.78, 5) is 12.4. The molecule has 0 aliphatic carbocycles. The van der Waals surface area contributed by atoms with Crippen molar-refractivity contribution in [2.24, 2.45) is 0 Å². The minimum Gasteiger partial charge on any atom is -0.398 e. The Labute approximate surface area is 112 Å². The third-order valence-electron chi connectivity index (χ3n) is 2.95. The zero-order valence-corrected chi connectivity index (χ0v) is 11.2. The van der Waals surface area contributed by atoms with Gasteiger partial charge in [0.05, 0.1) is 11.0 Å². The number of benzene rings is 1. The third-order valence-corrected chi connectivity index (χ3v) is 2.95. The highest BCUT2D eigenvalue weighted by atomic mass is 16.6. The lowest BCUT2D eigenvalue weighted by Gasteiger charge is -2.25. The van der Waals surface area contributed by atoms with Crippen LogP contribution in [0.1, 0.15) is 25.8 Å². The molecule has 1 rings (SSSR count). The van der Waals surface area contributed by atoms with Crippen molar-refractivity contribution >= 4 is 11.4 Å². The van der Waals surface area contributed by atoms with E-state index < -0.39 is 4.92 Å². The average Bonchev–Trinajstić information content (AvgIpc) is 2.35. The first kappa shape index (κ1) is 14.9. The van der Waals surface area contributed by atoms with Gasteiger partial charge in [-0.1, -0.05) is 0 Å². The van der Waals surface area contributed by atoms with Crippen LogP contribution in [0.4, 0.5) is 11.4 Å². The molecule has 0 atom stereocenters. The summed E-state index contributed by atoms with van der Waals surface area (Å²) in [5, 5.41) is 19.4. The Morgan fingerprint density at radius 3 is 2.74 bits per heavy atom. The maximum Gasteiger partial charge on any atom is 0.269 e. The molecule has 0 aromatic heterocycles. The second-order valence-corrected chi connectivity index (χ2v) is 4.61. The minimum absolute atomic E-state index is 0.0354. The summed E-state index contributed by atoms with van der Waals surface area (Å²) >= 11 is 0. The Balaban J connectivity index is 2.92. The number of nitro groups is 1. The van der Waals surface area contributed by atoms with Crippen LogP contribution in [0.5, 0.6) is 0 Å². The molecule has 0 radical (unpaired) electrons. The topological polar surface area (TPSA) is 96.2 Å². The maximum absolute atomic E-state index is 10.8. The van der Waals surface area contributed by atoms with E-state index in [1.54, 1.807) is 6.07 Å². The Bertz CT molecular complexity index is 494. The summed E-state index contributed by atoms with van der Waals surface area (Å²) in [7, 11) is 0. The number of nitriles is 1. The lowest BCUT2D eigenvalue weighted by Crippen LogP contribution is -2.31. The standard InChI is InChI=1S/C13H18N4O2/c1-10(2)16(7-3-6-14)9-11-8-12(17(18)19)4-5-13(11)15/h4-5,8,10H,3,7,9,15H2,1-2H3. The fourth-order valence-corrected chi connectivity index (χ4v) is 1.77. The molecule has 2 N–H and O–H groups in total. The molecular weight excluding hydrogens is 244 g/mol. The Morgan fingerprint density at radius 2 is 2.21 bits per heavy atom. The van der Waals surface area contributed by atoms with Crippen LogP contribution in [0.15, 0.2) is 18.2 Å². The summed E-state index contributed by atoms with van der Waals surface area (Å²) in [6, 6.07) is 6.79. The zero-order chi connectivity index (χ0) is 14.4. The van der Waals surface area contributed by atoms with Gasteiger partial charge in [0.25, 0.3) is 5.69 Å². The third kappa shape index (κ3) is 4.23. The number of nitrogens with zero attached hydrogens (tertiary/aromatic N) is 3. The van der Waals surface area contributed by atoms with E-state index >= 15 is 0 Å². The number of anilines is 1. The van der Waals surface area contributed by atoms with Crippen LogP contribution in [0, 0.1) is 21.4 Å². The number of nitro benzene ring substituents is 1. The molecule has 6 nitrogen and oxygen atoms in total. The second-order valence-electron chi connectivity index (χ2n) is 4.61. The van der Waals surface area contributed by atoms with Crippen LogP contribution in [-0.2, 0) is 6.54 Å². The summed E-state index contributed by atoms with van der Waals surface area (Å²) in [6.07, 6.45) is 0.424. The number of hydrogen-bond donors (Lipinski definition) is 1. The van der Waals surface area contributed by atoms with Gasteiger partial charge in [-0.25, -0.2) is 0 Å². The monoisotopic (exact) mass is 262 g/mol. The minimum atomic E-state index is -0.433. The largest absolute Gasteiger partial charge is 0.398 e. The lowest BCUT2D eigenvalue weighted by atomic mass is 10.1. The van der Waals surface area contributed by atoms with Crippen molar-refractivity contribution < 1.29 is 4.92 Å². The molecule has 0 heterocycles. The molecular formula is C13H18N4O2. The maximum atomic E-state index is 10.8. The highest BCUT2D eigenvalue weighted by Crippen LogP contribution is 2.22. The predicted molar refractivity (Wildman–Crippen MR) is 73.3 cm³/mol. The smallest absolute Gasteiger partial charge is 0.269 e. The fraction of sp³-hybridized carbons (Fsp3) is 0.462. The summed E-state index contributed by atoms with van der Waals surface area (Å²) < 4.78 is 0. The first-order valence-electron chi connectivity index (χ1n) is 6.09. The van der Waals surface area contributed by atoms with Gasteiger partial charge in [-0.3, -0.25) is 15.0 Å². The van der Waals surface area contributed by atoms with Crippen LogP contribution < -0.4 is 5.73 Å². The van der Waals surface area contributed by atoms with E-state index in [0.29, 0.717) is 25.2 Å². The Morgan fingerprint density at radius 1 is 1.53 bits per heavy atom. The van der Waals surface area contributed by atoms with Crippen molar-refractivity contribution in [3.05, 3.63) is 33.9 Å². The van der Waals surface area contributed by atoms with Gasteiger partial charge in [0, 0.05) is 43.4 Å². The highest BCUT2D eigenvalue weighted by Gasteiger charge is 2.14. The van der Waals surface area contributed by atoms with E-state index in [4.69, 9.17) is 11.0 Å². The molecule has 0 bridgehead atoms. The van der Waals surface area contributed by atoms with Crippen molar-refractivity contribution in [2.45, 2.75) is 32.9 Å². The molecule has 6 heteroatoms. The van der Waals surface area contributed by atoms with Gasteiger partial charge in [0.15, 0.2) is 0 Å². The molecule has 0 aliphatic heterocycles. The van der Waals surface area contributed by atoms with E-state index in [9.17, 15) is 10.1 Å². The van der Waals surface area contributed by atoms with Gasteiger partial charge in [-0.15, -0.1) is 0 Å². The number of rotatable bonds is 6. The normalized spacial score (nSPS) is 10.7. The average molecular weight is 262 g/mol.